The van der Waals surface area contributed by atoms with Gasteiger partial charge >= 0.3 is 0 Å². The van der Waals surface area contributed by atoms with Crippen LogP contribution in [0, 0.1) is 6.92 Å². The highest BCUT2D eigenvalue weighted by Crippen LogP contribution is 2.26. The van der Waals surface area contributed by atoms with Crippen LogP contribution in [0.2, 0.25) is 0 Å². The summed E-state index contributed by atoms with van der Waals surface area (Å²) in [5, 5.41) is 12.5. The van der Waals surface area contributed by atoms with E-state index in [4.69, 9.17) is 9.88 Å². The lowest BCUT2D eigenvalue weighted by Crippen LogP contribution is -2.18. The van der Waals surface area contributed by atoms with E-state index in [1.165, 1.54) is 4.57 Å². The fraction of sp³-hybridized carbons (Fsp3) is 0.333. The molecule has 0 atom stereocenters. The number of aromatic nitrogens is 3. The molecule has 0 saturated heterocycles. The van der Waals surface area contributed by atoms with Gasteiger partial charge in [-0.05, 0) is 25.5 Å². The van der Waals surface area contributed by atoms with Crippen LogP contribution in [0.15, 0.2) is 23.4 Å². The van der Waals surface area contributed by atoms with Crippen molar-refractivity contribution in [2.45, 2.75) is 25.5 Å². The molecule has 0 bridgehead atoms. The first-order valence-electron chi connectivity index (χ1n) is 5.99. The number of primary sulfonamides is 1. The van der Waals surface area contributed by atoms with Crippen LogP contribution in [0.4, 0.5) is 0 Å². The van der Waals surface area contributed by atoms with Crippen LogP contribution < -0.4 is 9.88 Å². The second kappa shape index (κ2) is 5.22. The van der Waals surface area contributed by atoms with Gasteiger partial charge in [-0.25, -0.2) is 13.6 Å². The van der Waals surface area contributed by atoms with Crippen molar-refractivity contribution in [3.63, 3.8) is 0 Å². The normalized spacial score (nSPS) is 11.6. The Morgan fingerprint density at radius 1 is 1.35 bits per heavy atom. The van der Waals surface area contributed by atoms with Gasteiger partial charge in [0, 0.05) is 12.1 Å². The number of nitrogens with zero attached hydrogens (tertiary/aromatic N) is 3. The highest BCUT2D eigenvalue weighted by molar-refractivity contribution is 7.89. The molecule has 2 rings (SSSR count). The monoisotopic (exact) mass is 296 g/mol. The predicted molar refractivity (Wildman–Crippen MR) is 73.8 cm³/mol. The van der Waals surface area contributed by atoms with Crippen molar-refractivity contribution in [1.82, 2.24) is 14.8 Å². The van der Waals surface area contributed by atoms with Crippen LogP contribution in [0.25, 0.3) is 11.4 Å². The molecule has 0 unspecified atom stereocenters. The van der Waals surface area contributed by atoms with Crippen LogP contribution in [0.3, 0.4) is 0 Å². The maximum Gasteiger partial charge on any atom is 0.273 e. The average molecular weight is 296 g/mol. The first-order chi connectivity index (χ1) is 9.38. The summed E-state index contributed by atoms with van der Waals surface area (Å²) < 4.78 is 29.6. The molecule has 0 fully saturated rings. The van der Waals surface area contributed by atoms with Crippen molar-refractivity contribution >= 4 is 10.0 Å². The molecule has 8 heteroatoms. The Hall–Kier alpha value is -1.93. The van der Waals surface area contributed by atoms with Crippen molar-refractivity contribution in [2.75, 3.05) is 7.11 Å². The number of benzene rings is 1. The van der Waals surface area contributed by atoms with Crippen LogP contribution in [-0.4, -0.2) is 30.3 Å². The van der Waals surface area contributed by atoms with E-state index in [9.17, 15) is 8.42 Å². The Balaban J connectivity index is 2.62. The number of hydrogen-bond donors (Lipinski definition) is 1. The van der Waals surface area contributed by atoms with E-state index < -0.39 is 10.0 Å². The topological polar surface area (TPSA) is 100 Å². The van der Waals surface area contributed by atoms with Crippen molar-refractivity contribution in [3.8, 4) is 17.1 Å². The Morgan fingerprint density at radius 2 is 2.05 bits per heavy atom. The lowest BCUT2D eigenvalue weighted by molar-refractivity contribution is 0.412. The van der Waals surface area contributed by atoms with E-state index >= 15 is 0 Å². The van der Waals surface area contributed by atoms with Crippen molar-refractivity contribution in [1.29, 1.82) is 0 Å². The number of ether oxygens (including phenoxy) is 1. The van der Waals surface area contributed by atoms with Crippen molar-refractivity contribution in [2.24, 2.45) is 5.14 Å². The fourth-order valence-electron chi connectivity index (χ4n) is 1.96. The minimum Gasteiger partial charge on any atom is -0.496 e. The largest absolute Gasteiger partial charge is 0.496 e. The van der Waals surface area contributed by atoms with Crippen molar-refractivity contribution < 1.29 is 13.2 Å². The Kier molecular flexibility index (Phi) is 3.78. The summed E-state index contributed by atoms with van der Waals surface area (Å²) >= 11 is 0. The molecule has 0 spiro atoms. The summed E-state index contributed by atoms with van der Waals surface area (Å²) in [6, 6.07) is 5.50. The van der Waals surface area contributed by atoms with Gasteiger partial charge in [0.25, 0.3) is 15.2 Å². The standard InChI is InChI=1S/C12H16N4O3S/c1-4-16-11(14-15-12(16)20(13,17)18)9-6-5-8(2)10(7-9)19-3/h5-7H,4H2,1-3H3,(H2,13,17,18). The molecular weight excluding hydrogens is 280 g/mol. The highest BCUT2D eigenvalue weighted by atomic mass is 32.2. The van der Waals surface area contributed by atoms with Gasteiger partial charge < -0.3 is 4.74 Å². The molecule has 7 nitrogen and oxygen atoms in total. The molecule has 1 aromatic heterocycles. The summed E-state index contributed by atoms with van der Waals surface area (Å²) in [6.45, 7) is 4.11. The first kappa shape index (κ1) is 14.5. The summed E-state index contributed by atoms with van der Waals surface area (Å²) in [4.78, 5) is 0. The molecule has 0 radical (unpaired) electrons. The third-order valence-corrected chi connectivity index (χ3v) is 3.76. The van der Waals surface area contributed by atoms with Gasteiger partial charge in [0.05, 0.1) is 7.11 Å². The summed E-state index contributed by atoms with van der Waals surface area (Å²) in [6.07, 6.45) is 0. The average Bonchev–Trinajstić information content (AvgIpc) is 2.83. The van der Waals surface area contributed by atoms with E-state index in [0.717, 1.165) is 11.1 Å². The quantitative estimate of drug-likeness (QED) is 0.904. The molecule has 1 heterocycles. The molecule has 2 N–H and O–H groups in total. The van der Waals surface area contributed by atoms with E-state index in [1.54, 1.807) is 20.1 Å². The molecule has 0 saturated carbocycles. The molecule has 0 amide bonds. The van der Waals surface area contributed by atoms with Gasteiger partial charge in [-0.1, -0.05) is 12.1 Å². The zero-order valence-corrected chi connectivity index (χ0v) is 12.3. The minimum atomic E-state index is -3.90. The zero-order valence-electron chi connectivity index (χ0n) is 11.5. The first-order valence-corrected chi connectivity index (χ1v) is 7.54. The van der Waals surface area contributed by atoms with E-state index in [2.05, 4.69) is 10.2 Å². The molecule has 0 aliphatic carbocycles. The Bertz CT molecular complexity index is 737. The second-order valence-electron chi connectivity index (χ2n) is 4.28. The zero-order chi connectivity index (χ0) is 14.9. The van der Waals surface area contributed by atoms with E-state index in [-0.39, 0.29) is 5.16 Å². The Labute approximate surface area is 117 Å². The van der Waals surface area contributed by atoms with Gasteiger partial charge in [-0.2, -0.15) is 0 Å². The van der Waals surface area contributed by atoms with E-state index in [0.29, 0.717) is 18.1 Å². The number of aryl methyl sites for hydroxylation is 1. The summed E-state index contributed by atoms with van der Waals surface area (Å²) in [7, 11) is -2.32. The molecule has 1 aromatic carbocycles. The predicted octanol–water partition coefficient (Wildman–Crippen LogP) is 0.929. The van der Waals surface area contributed by atoms with Gasteiger partial charge in [0.15, 0.2) is 5.82 Å². The van der Waals surface area contributed by atoms with Gasteiger partial charge in [-0.15, -0.1) is 10.2 Å². The lowest BCUT2D eigenvalue weighted by Gasteiger charge is -2.09. The summed E-state index contributed by atoms with van der Waals surface area (Å²) in [5.41, 5.74) is 1.70. The van der Waals surface area contributed by atoms with Gasteiger partial charge in [-0.3, -0.25) is 4.57 Å². The van der Waals surface area contributed by atoms with Crippen molar-refractivity contribution in [3.05, 3.63) is 23.8 Å². The second-order valence-corrected chi connectivity index (χ2v) is 5.74. The maximum atomic E-state index is 11.5. The number of rotatable bonds is 4. The third kappa shape index (κ3) is 2.52. The third-order valence-electron chi connectivity index (χ3n) is 2.95. The Morgan fingerprint density at radius 3 is 2.60 bits per heavy atom. The minimum absolute atomic E-state index is 0.241. The number of nitrogens with two attached hydrogens (primary N) is 1. The van der Waals surface area contributed by atoms with Crippen LogP contribution >= 0.6 is 0 Å². The van der Waals surface area contributed by atoms with Gasteiger partial charge in [0.1, 0.15) is 5.75 Å². The van der Waals surface area contributed by atoms with E-state index in [1.807, 2.05) is 19.1 Å². The number of hydrogen-bond acceptors (Lipinski definition) is 5. The SMILES string of the molecule is CCn1c(-c2ccc(C)c(OC)c2)nnc1S(N)(=O)=O. The van der Waals surface area contributed by atoms with Crippen LogP contribution in [-0.2, 0) is 16.6 Å². The molecule has 0 aliphatic heterocycles. The van der Waals surface area contributed by atoms with Crippen LogP contribution in [0.5, 0.6) is 5.75 Å². The maximum absolute atomic E-state index is 11.5. The lowest BCUT2D eigenvalue weighted by atomic mass is 10.1. The smallest absolute Gasteiger partial charge is 0.273 e. The van der Waals surface area contributed by atoms with Crippen LogP contribution in [0.1, 0.15) is 12.5 Å². The number of methoxy groups -OCH3 is 1. The highest BCUT2D eigenvalue weighted by Gasteiger charge is 2.21. The molecule has 0 aliphatic rings. The number of sulfonamides is 1. The summed E-state index contributed by atoms with van der Waals surface area (Å²) in [5.74, 6) is 1.14. The molecule has 20 heavy (non-hydrogen) atoms. The molecule has 108 valence electrons. The van der Waals surface area contributed by atoms with Gasteiger partial charge in [0.2, 0.25) is 0 Å². The molecular formula is C12H16N4O3S. The molecule has 2 aromatic rings. The fourth-order valence-corrected chi connectivity index (χ4v) is 2.63.